The van der Waals surface area contributed by atoms with Crippen LogP contribution in [0.2, 0.25) is 0 Å². The van der Waals surface area contributed by atoms with Gasteiger partial charge in [-0.25, -0.2) is 4.98 Å². The molecule has 0 atom stereocenters. The molecule has 10 heavy (non-hydrogen) atoms. The molecule has 0 unspecified atom stereocenters. The highest BCUT2D eigenvalue weighted by molar-refractivity contribution is 7.13. The van der Waals surface area contributed by atoms with E-state index in [9.17, 15) is 8.78 Å². The van der Waals surface area contributed by atoms with Crippen molar-refractivity contribution in [1.29, 1.82) is 0 Å². The lowest BCUT2D eigenvalue weighted by atomic mass is 10.4. The Bertz CT molecular complexity index is 230. The van der Waals surface area contributed by atoms with Crippen molar-refractivity contribution >= 4 is 11.3 Å². The van der Waals surface area contributed by atoms with Crippen molar-refractivity contribution in [2.24, 2.45) is 0 Å². The first-order chi connectivity index (χ1) is 4.50. The molecule has 5 heteroatoms. The fourth-order valence-electron chi connectivity index (χ4n) is 0.469. The standard InChI is InChI=1S/C5H5F2NOS/c1-5(6,7)4-8-2-3(9)10-4/h2,9H,1H3. The predicted octanol–water partition coefficient (Wildman–Crippen LogP) is 1.96. The van der Waals surface area contributed by atoms with E-state index in [4.69, 9.17) is 5.11 Å². The topological polar surface area (TPSA) is 33.1 Å². The van der Waals surface area contributed by atoms with Crippen LogP contribution in [0.3, 0.4) is 0 Å². The van der Waals surface area contributed by atoms with Gasteiger partial charge in [0.05, 0.1) is 6.20 Å². The summed E-state index contributed by atoms with van der Waals surface area (Å²) >= 11 is 0.589. The number of alkyl halides is 2. The first-order valence-electron chi connectivity index (χ1n) is 2.53. The third-order valence-electron chi connectivity index (χ3n) is 0.869. The summed E-state index contributed by atoms with van der Waals surface area (Å²) in [6.07, 6.45) is 1.01. The molecule has 0 bridgehead atoms. The van der Waals surface area contributed by atoms with Gasteiger partial charge in [-0.3, -0.25) is 0 Å². The van der Waals surface area contributed by atoms with Gasteiger partial charge in [0.25, 0.3) is 5.92 Å². The molecule has 56 valence electrons. The molecule has 0 radical (unpaired) electrons. The maximum absolute atomic E-state index is 12.3. The summed E-state index contributed by atoms with van der Waals surface area (Å²) in [7, 11) is 0. The molecule has 1 aromatic rings. The number of hydrogen-bond acceptors (Lipinski definition) is 3. The molecule has 0 aliphatic carbocycles. The van der Waals surface area contributed by atoms with Crippen LogP contribution in [0.25, 0.3) is 0 Å². The highest BCUT2D eigenvalue weighted by Crippen LogP contribution is 2.32. The van der Waals surface area contributed by atoms with Crippen molar-refractivity contribution in [3.63, 3.8) is 0 Å². The van der Waals surface area contributed by atoms with Gasteiger partial charge in [0.15, 0.2) is 10.1 Å². The van der Waals surface area contributed by atoms with Gasteiger partial charge in [-0.15, -0.1) is 0 Å². The van der Waals surface area contributed by atoms with E-state index in [1.807, 2.05) is 0 Å². The van der Waals surface area contributed by atoms with Crippen molar-refractivity contribution in [3.8, 4) is 5.06 Å². The van der Waals surface area contributed by atoms with E-state index in [0.717, 1.165) is 13.1 Å². The summed E-state index contributed by atoms with van der Waals surface area (Å²) in [5.74, 6) is -2.94. The molecular formula is C5H5F2NOS. The van der Waals surface area contributed by atoms with E-state index < -0.39 is 5.92 Å². The minimum Gasteiger partial charge on any atom is -0.498 e. The average Bonchev–Trinajstić information content (AvgIpc) is 2.11. The van der Waals surface area contributed by atoms with Crippen LogP contribution in [0.4, 0.5) is 8.78 Å². The van der Waals surface area contributed by atoms with Crippen LogP contribution < -0.4 is 0 Å². The number of aromatic nitrogens is 1. The lowest BCUT2D eigenvalue weighted by molar-refractivity contribution is 0.0172. The van der Waals surface area contributed by atoms with E-state index >= 15 is 0 Å². The summed E-state index contributed by atoms with van der Waals surface area (Å²) in [6.45, 7) is 0.741. The molecule has 1 aromatic heterocycles. The molecule has 0 saturated carbocycles. The number of nitrogens with zero attached hydrogens (tertiary/aromatic N) is 1. The van der Waals surface area contributed by atoms with Crippen LogP contribution in [0.5, 0.6) is 5.06 Å². The van der Waals surface area contributed by atoms with E-state index in [1.165, 1.54) is 0 Å². The molecule has 0 amide bonds. The van der Waals surface area contributed by atoms with Gasteiger partial charge in [-0.1, -0.05) is 11.3 Å². The number of rotatable bonds is 1. The lowest BCUT2D eigenvalue weighted by Crippen LogP contribution is -2.05. The Morgan fingerprint density at radius 1 is 1.70 bits per heavy atom. The van der Waals surface area contributed by atoms with Crippen molar-refractivity contribution in [3.05, 3.63) is 11.2 Å². The lowest BCUT2D eigenvalue weighted by Gasteiger charge is -2.02. The van der Waals surface area contributed by atoms with E-state index in [1.54, 1.807) is 0 Å². The van der Waals surface area contributed by atoms with Gasteiger partial charge in [-0.2, -0.15) is 8.78 Å². The van der Waals surface area contributed by atoms with Crippen molar-refractivity contribution in [1.82, 2.24) is 4.98 Å². The second kappa shape index (κ2) is 2.16. The SMILES string of the molecule is CC(F)(F)c1ncc(O)s1. The molecule has 1 heterocycles. The number of hydrogen-bond donors (Lipinski definition) is 1. The zero-order valence-corrected chi connectivity index (χ0v) is 5.95. The molecule has 1 rings (SSSR count). The van der Waals surface area contributed by atoms with Gasteiger partial charge in [-0.05, 0) is 0 Å². The normalized spacial score (nSPS) is 11.9. The van der Waals surface area contributed by atoms with Crippen LogP contribution >= 0.6 is 11.3 Å². The molecule has 0 aromatic carbocycles. The fourth-order valence-corrected chi connectivity index (χ4v) is 1.06. The molecular weight excluding hydrogens is 160 g/mol. The van der Waals surface area contributed by atoms with E-state index in [0.29, 0.717) is 11.3 Å². The summed E-state index contributed by atoms with van der Waals surface area (Å²) < 4.78 is 24.6. The summed E-state index contributed by atoms with van der Waals surface area (Å²) in [5.41, 5.74) is 0. The van der Waals surface area contributed by atoms with Crippen molar-refractivity contribution in [2.75, 3.05) is 0 Å². The third-order valence-corrected chi connectivity index (χ3v) is 1.84. The quantitative estimate of drug-likeness (QED) is 0.690. The molecule has 2 nitrogen and oxygen atoms in total. The summed E-state index contributed by atoms with van der Waals surface area (Å²) in [4.78, 5) is 3.31. The Morgan fingerprint density at radius 2 is 2.30 bits per heavy atom. The van der Waals surface area contributed by atoms with E-state index in [2.05, 4.69) is 4.98 Å². The number of aromatic hydroxyl groups is 1. The largest absolute Gasteiger partial charge is 0.498 e. The molecule has 0 spiro atoms. The monoisotopic (exact) mass is 165 g/mol. The molecule has 0 aliphatic rings. The van der Waals surface area contributed by atoms with Crippen LogP contribution in [0.1, 0.15) is 11.9 Å². The predicted molar refractivity (Wildman–Crippen MR) is 33.3 cm³/mol. The summed E-state index contributed by atoms with van der Waals surface area (Å²) in [6, 6.07) is 0. The highest BCUT2D eigenvalue weighted by Gasteiger charge is 2.28. The number of thiazole rings is 1. The number of halogens is 2. The Morgan fingerprint density at radius 3 is 2.50 bits per heavy atom. The first kappa shape index (κ1) is 7.40. The Hall–Kier alpha value is -0.710. The van der Waals surface area contributed by atoms with Gasteiger partial charge in [0, 0.05) is 6.92 Å². The third kappa shape index (κ3) is 1.41. The smallest absolute Gasteiger partial charge is 0.296 e. The Kier molecular flexibility index (Phi) is 1.60. The molecule has 1 N–H and O–H groups in total. The van der Waals surface area contributed by atoms with Gasteiger partial charge >= 0.3 is 0 Å². The maximum Gasteiger partial charge on any atom is 0.296 e. The molecule has 0 aliphatic heterocycles. The van der Waals surface area contributed by atoms with Gasteiger partial charge in [0.2, 0.25) is 0 Å². The highest BCUT2D eigenvalue weighted by atomic mass is 32.1. The maximum atomic E-state index is 12.3. The molecule has 0 saturated heterocycles. The Balaban J connectivity index is 2.96. The van der Waals surface area contributed by atoms with Crippen LogP contribution in [-0.2, 0) is 5.92 Å². The van der Waals surface area contributed by atoms with Crippen LogP contribution in [-0.4, -0.2) is 10.1 Å². The summed E-state index contributed by atoms with van der Waals surface area (Å²) in [5, 5.41) is 8.10. The van der Waals surface area contributed by atoms with Crippen molar-refractivity contribution in [2.45, 2.75) is 12.8 Å². The zero-order valence-electron chi connectivity index (χ0n) is 5.14. The first-order valence-corrected chi connectivity index (χ1v) is 3.35. The van der Waals surface area contributed by atoms with Gasteiger partial charge < -0.3 is 5.11 Å². The van der Waals surface area contributed by atoms with Crippen molar-refractivity contribution < 1.29 is 13.9 Å². The van der Waals surface area contributed by atoms with Gasteiger partial charge in [0.1, 0.15) is 0 Å². The van der Waals surface area contributed by atoms with Crippen LogP contribution in [0.15, 0.2) is 6.20 Å². The second-order valence-electron chi connectivity index (χ2n) is 1.89. The second-order valence-corrected chi connectivity index (χ2v) is 2.90. The van der Waals surface area contributed by atoms with E-state index in [-0.39, 0.29) is 10.1 Å². The molecule has 0 fully saturated rings. The van der Waals surface area contributed by atoms with Crippen LogP contribution in [0, 0.1) is 0 Å². The Labute approximate surface area is 60.1 Å². The fraction of sp³-hybridized carbons (Fsp3) is 0.400. The minimum absolute atomic E-state index is 0.184. The average molecular weight is 165 g/mol. The zero-order chi connectivity index (χ0) is 7.78. The minimum atomic E-state index is -2.94.